The van der Waals surface area contributed by atoms with Crippen molar-refractivity contribution in [3.05, 3.63) is 14.7 Å². The van der Waals surface area contributed by atoms with Crippen LogP contribution in [0.25, 0.3) is 0 Å². The normalized spacial score (nSPS) is 12.9. The van der Waals surface area contributed by atoms with Gasteiger partial charge in [0.1, 0.15) is 0 Å². The molecule has 0 saturated carbocycles. The van der Waals surface area contributed by atoms with Crippen LogP contribution in [0.4, 0.5) is 0 Å². The van der Waals surface area contributed by atoms with Gasteiger partial charge in [-0.05, 0) is 47.2 Å². The molecule has 0 aromatic carbocycles. The van der Waals surface area contributed by atoms with Crippen LogP contribution in [0.15, 0.2) is 14.7 Å². The second kappa shape index (κ2) is 6.67. The number of aliphatic hydroxyl groups is 1. The molecule has 0 spiro atoms. The summed E-state index contributed by atoms with van der Waals surface area (Å²) in [6, 6.07) is 1.63. The number of hydrogen-bond donors (Lipinski definition) is 2. The van der Waals surface area contributed by atoms with Gasteiger partial charge in [-0.15, -0.1) is 11.3 Å². The SMILES string of the molecule is Cc1sc(Br)cc1S(=O)(=O)NCC(C)(C)CCCO. The van der Waals surface area contributed by atoms with Crippen LogP contribution in [0.2, 0.25) is 0 Å². The molecule has 0 unspecified atom stereocenters. The van der Waals surface area contributed by atoms with Crippen molar-refractivity contribution in [2.75, 3.05) is 13.2 Å². The number of aryl methyl sites for hydroxylation is 1. The van der Waals surface area contributed by atoms with E-state index in [9.17, 15) is 8.42 Å². The van der Waals surface area contributed by atoms with E-state index in [1.165, 1.54) is 11.3 Å². The van der Waals surface area contributed by atoms with Crippen molar-refractivity contribution >= 4 is 37.3 Å². The molecule has 0 bridgehead atoms. The molecule has 2 N–H and O–H groups in total. The lowest BCUT2D eigenvalue weighted by molar-refractivity contribution is 0.242. The molecular weight excluding hydrogens is 350 g/mol. The molecular formula is C12H20BrNO3S2. The first-order chi connectivity index (χ1) is 8.68. The van der Waals surface area contributed by atoms with E-state index >= 15 is 0 Å². The van der Waals surface area contributed by atoms with Crippen molar-refractivity contribution in [3.8, 4) is 0 Å². The Bertz CT molecular complexity index is 523. The predicted octanol–water partition coefficient (Wildman–Crippen LogP) is 2.90. The molecule has 0 fully saturated rings. The maximum atomic E-state index is 12.2. The molecule has 0 saturated heterocycles. The minimum atomic E-state index is -3.46. The highest BCUT2D eigenvalue weighted by molar-refractivity contribution is 9.11. The molecule has 110 valence electrons. The Morgan fingerprint density at radius 1 is 1.47 bits per heavy atom. The summed E-state index contributed by atoms with van der Waals surface area (Å²) in [5.41, 5.74) is -0.170. The Kier molecular flexibility index (Phi) is 6.00. The quantitative estimate of drug-likeness (QED) is 0.776. The zero-order chi connectivity index (χ0) is 14.7. The van der Waals surface area contributed by atoms with Crippen LogP contribution in [0.1, 0.15) is 31.6 Å². The smallest absolute Gasteiger partial charge is 0.241 e. The highest BCUT2D eigenvalue weighted by Gasteiger charge is 2.24. The zero-order valence-electron chi connectivity index (χ0n) is 11.4. The first-order valence-corrected chi connectivity index (χ1v) is 9.14. The highest BCUT2D eigenvalue weighted by atomic mass is 79.9. The number of thiophene rings is 1. The largest absolute Gasteiger partial charge is 0.396 e. The van der Waals surface area contributed by atoms with Crippen molar-refractivity contribution in [1.82, 2.24) is 4.72 Å². The molecule has 7 heteroatoms. The Morgan fingerprint density at radius 2 is 2.11 bits per heavy atom. The van der Waals surface area contributed by atoms with Crippen LogP contribution in [0.3, 0.4) is 0 Å². The summed E-state index contributed by atoms with van der Waals surface area (Å²) in [5, 5.41) is 8.83. The molecule has 1 aromatic rings. The fraction of sp³-hybridized carbons (Fsp3) is 0.667. The maximum Gasteiger partial charge on any atom is 0.241 e. The van der Waals surface area contributed by atoms with Crippen LogP contribution in [-0.2, 0) is 10.0 Å². The van der Waals surface area contributed by atoms with Gasteiger partial charge < -0.3 is 5.11 Å². The van der Waals surface area contributed by atoms with Crippen molar-refractivity contribution in [2.24, 2.45) is 5.41 Å². The third kappa shape index (κ3) is 5.15. The number of aliphatic hydroxyl groups excluding tert-OH is 1. The molecule has 4 nitrogen and oxygen atoms in total. The van der Waals surface area contributed by atoms with E-state index in [1.54, 1.807) is 13.0 Å². The summed E-state index contributed by atoms with van der Waals surface area (Å²) in [5.74, 6) is 0. The van der Waals surface area contributed by atoms with Gasteiger partial charge in [-0.1, -0.05) is 13.8 Å². The summed E-state index contributed by atoms with van der Waals surface area (Å²) >= 11 is 4.71. The van der Waals surface area contributed by atoms with Gasteiger partial charge >= 0.3 is 0 Å². The van der Waals surface area contributed by atoms with Gasteiger partial charge in [-0.2, -0.15) is 0 Å². The summed E-state index contributed by atoms with van der Waals surface area (Å²) in [6.07, 6.45) is 1.45. The lowest BCUT2D eigenvalue weighted by Gasteiger charge is -2.24. The third-order valence-electron chi connectivity index (χ3n) is 2.88. The molecule has 19 heavy (non-hydrogen) atoms. The Balaban J connectivity index is 2.73. The van der Waals surface area contributed by atoms with Gasteiger partial charge in [-0.25, -0.2) is 13.1 Å². The zero-order valence-corrected chi connectivity index (χ0v) is 14.6. The number of rotatable bonds is 7. The van der Waals surface area contributed by atoms with Crippen molar-refractivity contribution in [3.63, 3.8) is 0 Å². The van der Waals surface area contributed by atoms with E-state index < -0.39 is 10.0 Å². The molecule has 0 aliphatic rings. The standard InChI is InChI=1S/C12H20BrNO3S2/c1-9-10(7-11(13)18-9)19(16,17)14-8-12(2,3)5-4-6-15/h7,14-15H,4-6,8H2,1-3H3. The first kappa shape index (κ1) is 17.1. The minimum absolute atomic E-state index is 0.132. The van der Waals surface area contributed by atoms with Gasteiger partial charge in [0.25, 0.3) is 0 Å². The van der Waals surface area contributed by atoms with Crippen molar-refractivity contribution in [1.29, 1.82) is 0 Å². The van der Waals surface area contributed by atoms with Gasteiger partial charge in [0, 0.05) is 18.0 Å². The van der Waals surface area contributed by atoms with E-state index in [2.05, 4.69) is 20.7 Å². The van der Waals surface area contributed by atoms with E-state index in [0.29, 0.717) is 17.9 Å². The minimum Gasteiger partial charge on any atom is -0.396 e. The van der Waals surface area contributed by atoms with Gasteiger partial charge in [0.05, 0.1) is 8.68 Å². The molecule has 0 atom stereocenters. The number of halogens is 1. The second-order valence-electron chi connectivity index (χ2n) is 5.29. The van der Waals surface area contributed by atoms with E-state index in [0.717, 1.165) is 15.1 Å². The van der Waals surface area contributed by atoms with Crippen molar-refractivity contribution < 1.29 is 13.5 Å². The molecule has 0 amide bonds. The molecule has 0 radical (unpaired) electrons. The number of sulfonamides is 1. The summed E-state index contributed by atoms with van der Waals surface area (Å²) < 4.78 is 27.9. The summed E-state index contributed by atoms with van der Waals surface area (Å²) in [7, 11) is -3.46. The van der Waals surface area contributed by atoms with Crippen LogP contribution in [0, 0.1) is 12.3 Å². The van der Waals surface area contributed by atoms with Crippen LogP contribution >= 0.6 is 27.3 Å². The lowest BCUT2D eigenvalue weighted by Crippen LogP contribution is -2.34. The van der Waals surface area contributed by atoms with Crippen LogP contribution in [-0.4, -0.2) is 26.7 Å². The first-order valence-electron chi connectivity index (χ1n) is 6.04. The Morgan fingerprint density at radius 3 is 2.58 bits per heavy atom. The Labute approximate surface area is 127 Å². The van der Waals surface area contributed by atoms with E-state index in [1.807, 2.05) is 13.8 Å². The molecule has 1 rings (SSSR count). The summed E-state index contributed by atoms with van der Waals surface area (Å²) in [4.78, 5) is 1.11. The number of nitrogens with one attached hydrogen (secondary N) is 1. The lowest BCUT2D eigenvalue weighted by atomic mass is 9.88. The Hall–Kier alpha value is 0.0500. The van der Waals surface area contributed by atoms with Gasteiger partial charge in [-0.3, -0.25) is 0 Å². The fourth-order valence-electron chi connectivity index (χ4n) is 1.71. The summed E-state index contributed by atoms with van der Waals surface area (Å²) in [6.45, 7) is 6.26. The third-order valence-corrected chi connectivity index (χ3v) is 6.09. The monoisotopic (exact) mass is 369 g/mol. The van der Waals surface area contributed by atoms with Gasteiger partial charge in [0.15, 0.2) is 0 Å². The van der Waals surface area contributed by atoms with E-state index in [-0.39, 0.29) is 12.0 Å². The maximum absolute atomic E-state index is 12.2. The molecule has 1 aromatic heterocycles. The highest BCUT2D eigenvalue weighted by Crippen LogP contribution is 2.30. The fourth-order valence-corrected chi connectivity index (χ4v) is 5.37. The van der Waals surface area contributed by atoms with E-state index in [4.69, 9.17) is 5.11 Å². The number of hydrogen-bond acceptors (Lipinski definition) is 4. The molecule has 0 aliphatic carbocycles. The average Bonchev–Trinajstić information content (AvgIpc) is 2.65. The predicted molar refractivity (Wildman–Crippen MR) is 82.0 cm³/mol. The van der Waals surface area contributed by atoms with Gasteiger partial charge in [0.2, 0.25) is 10.0 Å². The second-order valence-corrected chi connectivity index (χ2v) is 9.66. The topological polar surface area (TPSA) is 66.4 Å². The molecule has 1 heterocycles. The van der Waals surface area contributed by atoms with Crippen LogP contribution < -0.4 is 4.72 Å². The van der Waals surface area contributed by atoms with Crippen LogP contribution in [0.5, 0.6) is 0 Å². The molecule has 0 aliphatic heterocycles. The van der Waals surface area contributed by atoms with Crippen molar-refractivity contribution in [2.45, 2.75) is 38.5 Å². The average molecular weight is 370 g/mol.